The molecule has 0 saturated heterocycles. The summed E-state index contributed by atoms with van der Waals surface area (Å²) in [6.45, 7) is 0.765. The third kappa shape index (κ3) is 4.32. The van der Waals surface area contributed by atoms with Crippen LogP contribution in [0.15, 0.2) is 36.7 Å². The molecule has 1 saturated carbocycles. The number of fused-ring (bicyclic) bond motifs is 1. The summed E-state index contributed by atoms with van der Waals surface area (Å²) >= 11 is 0. The maximum Gasteiger partial charge on any atom is 0.338 e. The molecule has 27 heavy (non-hydrogen) atoms. The lowest BCUT2D eigenvalue weighted by Crippen LogP contribution is -2.16. The van der Waals surface area contributed by atoms with Crippen molar-refractivity contribution in [1.29, 1.82) is 0 Å². The number of aromatic nitrogens is 1. The van der Waals surface area contributed by atoms with Gasteiger partial charge in [-0.25, -0.2) is 4.79 Å². The largest absolute Gasteiger partial charge is 0.493 e. The Kier molecular flexibility index (Phi) is 5.42. The van der Waals surface area contributed by atoms with Gasteiger partial charge in [0.05, 0.1) is 19.3 Å². The Bertz CT molecular complexity index is 813. The van der Waals surface area contributed by atoms with Crippen LogP contribution in [-0.4, -0.2) is 24.7 Å². The third-order valence-electron chi connectivity index (χ3n) is 5.85. The third-order valence-corrected chi connectivity index (χ3v) is 5.85. The second-order valence-corrected chi connectivity index (χ2v) is 7.75. The van der Waals surface area contributed by atoms with Crippen LogP contribution in [0.3, 0.4) is 0 Å². The van der Waals surface area contributed by atoms with E-state index in [2.05, 4.69) is 23.2 Å². The highest BCUT2D eigenvalue weighted by atomic mass is 16.5. The fourth-order valence-electron chi connectivity index (χ4n) is 4.01. The lowest BCUT2D eigenvalue weighted by molar-refractivity contribution is 0.0599. The van der Waals surface area contributed by atoms with E-state index in [0.29, 0.717) is 11.5 Å². The van der Waals surface area contributed by atoms with Crippen LogP contribution in [0.1, 0.15) is 65.1 Å². The minimum atomic E-state index is -0.292. The average Bonchev–Trinajstić information content (AvgIpc) is 3.54. The predicted molar refractivity (Wildman–Crippen MR) is 104 cm³/mol. The molecule has 2 heterocycles. The van der Waals surface area contributed by atoms with Crippen molar-refractivity contribution in [3.63, 3.8) is 0 Å². The van der Waals surface area contributed by atoms with Crippen LogP contribution < -0.4 is 4.74 Å². The molecule has 0 radical (unpaired) electrons. The van der Waals surface area contributed by atoms with Gasteiger partial charge in [-0.05, 0) is 72.8 Å². The summed E-state index contributed by atoms with van der Waals surface area (Å²) in [6, 6.07) is 8.51. The van der Waals surface area contributed by atoms with Crippen molar-refractivity contribution in [2.75, 3.05) is 13.7 Å². The maximum atomic E-state index is 12.0. The van der Waals surface area contributed by atoms with Crippen LogP contribution in [0.2, 0.25) is 0 Å². The molecule has 1 atom stereocenters. The molecule has 4 nitrogen and oxygen atoms in total. The zero-order chi connectivity index (χ0) is 18.6. The molecule has 1 fully saturated rings. The van der Waals surface area contributed by atoms with Gasteiger partial charge < -0.3 is 9.47 Å². The van der Waals surface area contributed by atoms with Crippen LogP contribution in [0.4, 0.5) is 0 Å². The second kappa shape index (κ2) is 8.12. The number of carbonyl (C=O) groups excluding carboxylic acids is 1. The van der Waals surface area contributed by atoms with Gasteiger partial charge in [-0.1, -0.05) is 25.0 Å². The summed E-state index contributed by atoms with van der Waals surface area (Å²) < 4.78 is 10.9. The number of hydrogen-bond donors (Lipinski definition) is 0. The molecule has 1 aliphatic heterocycles. The van der Waals surface area contributed by atoms with E-state index in [1.54, 1.807) is 18.5 Å². The van der Waals surface area contributed by atoms with Crippen LogP contribution in [-0.2, 0) is 17.6 Å². The van der Waals surface area contributed by atoms with Crippen molar-refractivity contribution in [2.45, 2.75) is 50.9 Å². The van der Waals surface area contributed by atoms with E-state index in [-0.39, 0.29) is 5.97 Å². The average molecular weight is 365 g/mol. The summed E-state index contributed by atoms with van der Waals surface area (Å²) in [5, 5.41) is 0. The molecule has 1 aromatic heterocycles. The van der Waals surface area contributed by atoms with Crippen molar-refractivity contribution >= 4 is 5.97 Å². The SMILES string of the molecule is COC(=O)c1ccncc1CCC1CCOc2cc(CCC3CC3)ccc21. The Morgan fingerprint density at radius 1 is 1.19 bits per heavy atom. The van der Waals surface area contributed by atoms with Gasteiger partial charge in [-0.15, -0.1) is 0 Å². The van der Waals surface area contributed by atoms with Gasteiger partial charge in [0.15, 0.2) is 0 Å². The molecule has 1 unspecified atom stereocenters. The van der Waals surface area contributed by atoms with Gasteiger partial charge in [0, 0.05) is 12.4 Å². The molecule has 2 aliphatic rings. The zero-order valence-corrected chi connectivity index (χ0v) is 15.9. The van der Waals surface area contributed by atoms with Crippen molar-refractivity contribution in [2.24, 2.45) is 5.92 Å². The molecule has 0 bridgehead atoms. The van der Waals surface area contributed by atoms with Crippen molar-refractivity contribution in [1.82, 2.24) is 4.98 Å². The van der Waals surface area contributed by atoms with Gasteiger partial charge in [-0.3, -0.25) is 4.98 Å². The van der Waals surface area contributed by atoms with E-state index in [1.807, 2.05) is 0 Å². The number of pyridine rings is 1. The summed E-state index contributed by atoms with van der Waals surface area (Å²) in [5.74, 6) is 2.18. The van der Waals surface area contributed by atoms with E-state index in [0.717, 1.165) is 49.5 Å². The topological polar surface area (TPSA) is 48.4 Å². The summed E-state index contributed by atoms with van der Waals surface area (Å²) in [6.07, 6.45) is 11.5. The summed E-state index contributed by atoms with van der Waals surface area (Å²) in [7, 11) is 1.42. The number of nitrogens with zero attached hydrogens (tertiary/aromatic N) is 1. The van der Waals surface area contributed by atoms with Gasteiger partial charge in [0.25, 0.3) is 0 Å². The number of ether oxygens (including phenoxy) is 2. The number of esters is 1. The Balaban J connectivity index is 1.44. The van der Waals surface area contributed by atoms with Crippen molar-refractivity contribution in [3.8, 4) is 5.75 Å². The Labute approximate surface area is 160 Å². The molecule has 4 heteroatoms. The van der Waals surface area contributed by atoms with Crippen molar-refractivity contribution < 1.29 is 14.3 Å². The molecular weight excluding hydrogens is 338 g/mol. The monoisotopic (exact) mass is 365 g/mol. The maximum absolute atomic E-state index is 12.0. The molecule has 0 amide bonds. The number of carbonyl (C=O) groups is 1. The van der Waals surface area contributed by atoms with Crippen LogP contribution >= 0.6 is 0 Å². The highest BCUT2D eigenvalue weighted by molar-refractivity contribution is 5.90. The number of aryl methyl sites for hydroxylation is 2. The first-order chi connectivity index (χ1) is 13.2. The Hall–Kier alpha value is -2.36. The highest BCUT2D eigenvalue weighted by Gasteiger charge is 2.24. The van der Waals surface area contributed by atoms with Crippen LogP contribution in [0, 0.1) is 5.92 Å². The number of methoxy groups -OCH3 is 1. The van der Waals surface area contributed by atoms with Gasteiger partial charge in [0.1, 0.15) is 5.75 Å². The van der Waals surface area contributed by atoms with Gasteiger partial charge >= 0.3 is 5.97 Å². The quantitative estimate of drug-likeness (QED) is 0.667. The standard InChI is InChI=1S/C23H27NO3/c1-26-23(25)21-10-12-24-15-19(21)8-7-18-11-13-27-22-14-17(6-9-20(18)22)5-4-16-2-3-16/h6,9-10,12,14-16,18H,2-5,7-8,11,13H2,1H3. The number of rotatable bonds is 7. The van der Waals surface area contributed by atoms with Gasteiger partial charge in [0.2, 0.25) is 0 Å². The van der Waals surface area contributed by atoms with Crippen LogP contribution in [0.25, 0.3) is 0 Å². The number of hydrogen-bond acceptors (Lipinski definition) is 4. The summed E-state index contributed by atoms with van der Waals surface area (Å²) in [4.78, 5) is 16.2. The first-order valence-corrected chi connectivity index (χ1v) is 10.0. The molecule has 142 valence electrons. The van der Waals surface area contributed by atoms with E-state index in [4.69, 9.17) is 9.47 Å². The zero-order valence-electron chi connectivity index (χ0n) is 15.9. The lowest BCUT2D eigenvalue weighted by atomic mass is 9.86. The van der Waals surface area contributed by atoms with Crippen molar-refractivity contribution in [3.05, 3.63) is 58.9 Å². The van der Waals surface area contributed by atoms with E-state index >= 15 is 0 Å². The van der Waals surface area contributed by atoms with Gasteiger partial charge in [-0.2, -0.15) is 0 Å². The fraction of sp³-hybridized carbons (Fsp3) is 0.478. The molecule has 1 aliphatic carbocycles. The second-order valence-electron chi connectivity index (χ2n) is 7.75. The smallest absolute Gasteiger partial charge is 0.338 e. The first-order valence-electron chi connectivity index (χ1n) is 10.0. The molecule has 2 aromatic rings. The first kappa shape index (κ1) is 18.0. The van der Waals surface area contributed by atoms with Crippen LogP contribution in [0.5, 0.6) is 5.75 Å². The highest BCUT2D eigenvalue weighted by Crippen LogP contribution is 2.38. The van der Waals surface area contributed by atoms with E-state index in [9.17, 15) is 4.79 Å². The molecule has 1 aromatic carbocycles. The summed E-state index contributed by atoms with van der Waals surface area (Å²) in [5.41, 5.74) is 4.27. The fourth-order valence-corrected chi connectivity index (χ4v) is 4.01. The minimum absolute atomic E-state index is 0.292. The lowest BCUT2D eigenvalue weighted by Gasteiger charge is -2.26. The predicted octanol–water partition coefficient (Wildman–Crippen LogP) is 4.71. The molecule has 4 rings (SSSR count). The molecule has 0 spiro atoms. The van der Waals surface area contributed by atoms with E-state index in [1.165, 1.54) is 37.5 Å². The molecular formula is C23H27NO3. The number of benzene rings is 1. The molecule has 0 N–H and O–H groups in total. The minimum Gasteiger partial charge on any atom is -0.493 e. The van der Waals surface area contributed by atoms with E-state index < -0.39 is 0 Å². The Morgan fingerprint density at radius 3 is 2.89 bits per heavy atom. The normalized spacial score (nSPS) is 18.5. The Morgan fingerprint density at radius 2 is 2.07 bits per heavy atom.